The van der Waals surface area contributed by atoms with Crippen molar-refractivity contribution < 1.29 is 13.2 Å². The summed E-state index contributed by atoms with van der Waals surface area (Å²) in [6.07, 6.45) is -0.276. The van der Waals surface area contributed by atoms with Gasteiger partial charge in [-0.25, -0.2) is 0 Å². The third kappa shape index (κ3) is 5.11. The van der Waals surface area contributed by atoms with Gasteiger partial charge < -0.3 is 0 Å². The van der Waals surface area contributed by atoms with Crippen LogP contribution in [-0.2, 0) is 12.6 Å². The molecular formula is C13H16BrF3. The molecule has 1 aromatic carbocycles. The van der Waals surface area contributed by atoms with Crippen LogP contribution in [0.1, 0.15) is 37.3 Å². The highest BCUT2D eigenvalue weighted by Gasteiger charge is 2.29. The van der Waals surface area contributed by atoms with Gasteiger partial charge in [0.05, 0.1) is 5.56 Å². The van der Waals surface area contributed by atoms with Gasteiger partial charge in [-0.05, 0) is 43.4 Å². The molecule has 0 nitrogen and oxygen atoms in total. The van der Waals surface area contributed by atoms with Crippen LogP contribution in [0.25, 0.3) is 0 Å². The topological polar surface area (TPSA) is 0 Å². The molecule has 0 spiro atoms. The highest BCUT2D eigenvalue weighted by molar-refractivity contribution is 9.09. The molecule has 17 heavy (non-hydrogen) atoms. The maximum Gasteiger partial charge on any atom is 0.416 e. The zero-order valence-electron chi connectivity index (χ0n) is 9.73. The van der Waals surface area contributed by atoms with E-state index in [-0.39, 0.29) is 0 Å². The first kappa shape index (κ1) is 14.6. The van der Waals surface area contributed by atoms with Crippen molar-refractivity contribution in [3.05, 3.63) is 35.4 Å². The second-order valence-corrected chi connectivity index (χ2v) is 5.39. The molecule has 0 aliphatic rings. The van der Waals surface area contributed by atoms with E-state index in [0.29, 0.717) is 4.83 Å². The van der Waals surface area contributed by atoms with Crippen molar-refractivity contribution in [2.75, 3.05) is 0 Å². The van der Waals surface area contributed by atoms with Crippen molar-refractivity contribution in [1.82, 2.24) is 0 Å². The molecule has 96 valence electrons. The summed E-state index contributed by atoms with van der Waals surface area (Å²) in [5.74, 6) is 0. The van der Waals surface area contributed by atoms with Gasteiger partial charge in [0.15, 0.2) is 0 Å². The van der Waals surface area contributed by atoms with E-state index in [1.54, 1.807) is 12.1 Å². The quantitative estimate of drug-likeness (QED) is 0.656. The summed E-state index contributed by atoms with van der Waals surface area (Å²) < 4.78 is 37.0. The Bertz CT molecular complexity index is 330. The molecule has 0 saturated carbocycles. The lowest BCUT2D eigenvalue weighted by atomic mass is 10.0. The zero-order chi connectivity index (χ0) is 12.9. The number of alkyl halides is 4. The molecule has 0 saturated heterocycles. The second kappa shape index (κ2) is 6.43. The molecule has 0 fully saturated rings. The van der Waals surface area contributed by atoms with Gasteiger partial charge in [0.1, 0.15) is 0 Å². The molecule has 1 rings (SSSR count). The lowest BCUT2D eigenvalue weighted by Crippen LogP contribution is -2.04. The van der Waals surface area contributed by atoms with Crippen LogP contribution < -0.4 is 0 Å². The van der Waals surface area contributed by atoms with Crippen LogP contribution in [-0.4, -0.2) is 4.83 Å². The Morgan fingerprint density at radius 2 is 1.76 bits per heavy atom. The van der Waals surface area contributed by atoms with Gasteiger partial charge >= 0.3 is 6.18 Å². The molecule has 0 amide bonds. The highest BCUT2D eigenvalue weighted by atomic mass is 79.9. The number of hydrogen-bond acceptors (Lipinski definition) is 0. The Kier molecular flexibility index (Phi) is 5.50. The summed E-state index contributed by atoms with van der Waals surface area (Å²) in [6.45, 7) is 2.11. The molecule has 0 N–H and O–H groups in total. The standard InChI is InChI=1S/C13H16BrF3/c1-2-12(14)5-3-4-10-6-8-11(9-7-10)13(15,16)17/h6-9,12H,2-5H2,1H3. The summed E-state index contributed by atoms with van der Waals surface area (Å²) >= 11 is 3.54. The molecule has 1 unspecified atom stereocenters. The molecule has 0 heterocycles. The van der Waals surface area contributed by atoms with E-state index >= 15 is 0 Å². The first-order valence-corrected chi connectivity index (χ1v) is 6.65. The zero-order valence-corrected chi connectivity index (χ0v) is 11.3. The van der Waals surface area contributed by atoms with E-state index in [1.807, 2.05) is 0 Å². The number of rotatable bonds is 5. The molecular weight excluding hydrogens is 293 g/mol. The summed E-state index contributed by atoms with van der Waals surface area (Å²) in [6, 6.07) is 5.44. The van der Waals surface area contributed by atoms with Crippen LogP contribution in [0.2, 0.25) is 0 Å². The van der Waals surface area contributed by atoms with Crippen LogP contribution in [0.4, 0.5) is 13.2 Å². The number of hydrogen-bond donors (Lipinski definition) is 0. The van der Waals surface area contributed by atoms with Crippen LogP contribution >= 0.6 is 15.9 Å². The highest BCUT2D eigenvalue weighted by Crippen LogP contribution is 2.29. The third-order valence-corrected chi connectivity index (χ3v) is 3.81. The number of halogens is 4. The van der Waals surface area contributed by atoms with Crippen LogP contribution in [0.3, 0.4) is 0 Å². The van der Waals surface area contributed by atoms with Gasteiger partial charge in [0, 0.05) is 4.83 Å². The average Bonchev–Trinajstić information content (AvgIpc) is 2.28. The van der Waals surface area contributed by atoms with Gasteiger partial charge in [-0.3, -0.25) is 0 Å². The summed E-state index contributed by atoms with van der Waals surface area (Å²) in [5, 5.41) is 0. The third-order valence-electron chi connectivity index (χ3n) is 2.71. The van der Waals surface area contributed by atoms with Gasteiger partial charge in [-0.2, -0.15) is 13.2 Å². The maximum atomic E-state index is 12.3. The normalized spacial score (nSPS) is 13.7. The number of aryl methyl sites for hydroxylation is 1. The first-order valence-electron chi connectivity index (χ1n) is 5.73. The fourth-order valence-electron chi connectivity index (χ4n) is 1.59. The van der Waals surface area contributed by atoms with Crippen LogP contribution in [0.15, 0.2) is 24.3 Å². The predicted molar refractivity (Wildman–Crippen MR) is 67.4 cm³/mol. The molecule has 4 heteroatoms. The van der Waals surface area contributed by atoms with Crippen molar-refractivity contribution in [3.8, 4) is 0 Å². The maximum absolute atomic E-state index is 12.3. The molecule has 0 aromatic heterocycles. The van der Waals surface area contributed by atoms with E-state index in [0.717, 1.165) is 43.4 Å². The molecule has 0 radical (unpaired) electrons. The molecule has 1 aromatic rings. The first-order chi connectivity index (χ1) is 7.93. The minimum Gasteiger partial charge on any atom is -0.166 e. The Morgan fingerprint density at radius 1 is 1.18 bits per heavy atom. The van der Waals surface area contributed by atoms with E-state index in [9.17, 15) is 13.2 Å². The summed E-state index contributed by atoms with van der Waals surface area (Å²) in [4.78, 5) is 0.511. The monoisotopic (exact) mass is 308 g/mol. The largest absolute Gasteiger partial charge is 0.416 e. The number of benzene rings is 1. The lowest BCUT2D eigenvalue weighted by molar-refractivity contribution is -0.137. The smallest absolute Gasteiger partial charge is 0.166 e. The minimum atomic E-state index is -4.23. The molecule has 1 atom stereocenters. The van der Waals surface area contributed by atoms with Crippen molar-refractivity contribution in [1.29, 1.82) is 0 Å². The molecule has 0 bridgehead atoms. The molecule has 0 aliphatic heterocycles. The van der Waals surface area contributed by atoms with Gasteiger partial charge in [0.25, 0.3) is 0 Å². The van der Waals surface area contributed by atoms with E-state index < -0.39 is 11.7 Å². The fraction of sp³-hybridized carbons (Fsp3) is 0.538. The van der Waals surface area contributed by atoms with Gasteiger partial charge in [-0.15, -0.1) is 0 Å². The van der Waals surface area contributed by atoms with Gasteiger partial charge in [0.2, 0.25) is 0 Å². The van der Waals surface area contributed by atoms with Crippen LogP contribution in [0.5, 0.6) is 0 Å². The average molecular weight is 309 g/mol. The SMILES string of the molecule is CCC(Br)CCCc1ccc(C(F)(F)F)cc1. The Labute approximate surface area is 108 Å². The Morgan fingerprint density at radius 3 is 2.24 bits per heavy atom. The summed E-state index contributed by atoms with van der Waals surface area (Å²) in [5.41, 5.74) is 0.391. The summed E-state index contributed by atoms with van der Waals surface area (Å²) in [7, 11) is 0. The van der Waals surface area contributed by atoms with Crippen molar-refractivity contribution in [2.45, 2.75) is 43.6 Å². The van der Waals surface area contributed by atoms with Crippen molar-refractivity contribution in [3.63, 3.8) is 0 Å². The predicted octanol–water partition coefficient (Wildman–Crippen LogP) is 5.20. The minimum absolute atomic E-state index is 0.511. The van der Waals surface area contributed by atoms with Gasteiger partial charge in [-0.1, -0.05) is 35.0 Å². The molecule has 0 aliphatic carbocycles. The van der Waals surface area contributed by atoms with Crippen molar-refractivity contribution in [2.24, 2.45) is 0 Å². The van der Waals surface area contributed by atoms with E-state index in [1.165, 1.54) is 0 Å². The second-order valence-electron chi connectivity index (χ2n) is 4.09. The van der Waals surface area contributed by atoms with Crippen molar-refractivity contribution >= 4 is 15.9 Å². The fourth-order valence-corrected chi connectivity index (χ4v) is 1.92. The van der Waals surface area contributed by atoms with E-state index in [2.05, 4.69) is 22.9 Å². The lowest BCUT2D eigenvalue weighted by Gasteiger charge is -2.08. The van der Waals surface area contributed by atoms with E-state index in [4.69, 9.17) is 0 Å². The van der Waals surface area contributed by atoms with Crippen LogP contribution in [0, 0.1) is 0 Å². The Balaban J connectivity index is 2.46. The Hall–Kier alpha value is -0.510.